The van der Waals surface area contributed by atoms with E-state index >= 15 is 0 Å². The summed E-state index contributed by atoms with van der Waals surface area (Å²) in [6.45, 7) is 6.18. The van der Waals surface area contributed by atoms with Gasteiger partial charge in [0.1, 0.15) is 34.9 Å². The van der Waals surface area contributed by atoms with Crippen molar-refractivity contribution in [1.82, 2.24) is 0 Å². The van der Waals surface area contributed by atoms with Crippen molar-refractivity contribution in [1.29, 1.82) is 0 Å². The summed E-state index contributed by atoms with van der Waals surface area (Å²) in [5.74, 6) is -1.05. The van der Waals surface area contributed by atoms with Gasteiger partial charge in [0.05, 0.1) is 17.5 Å². The monoisotopic (exact) mass is 424 g/mol. The van der Waals surface area contributed by atoms with Crippen LogP contribution < -0.4 is 4.74 Å². The van der Waals surface area contributed by atoms with Crippen LogP contribution in [0.4, 0.5) is 0 Å². The van der Waals surface area contributed by atoms with Crippen LogP contribution in [0, 0.1) is 0 Å². The third kappa shape index (κ3) is 5.20. The lowest BCUT2D eigenvalue weighted by molar-refractivity contribution is 0.0843. The number of ether oxygens (including phenoxy) is 1. The molecule has 0 spiro atoms. The first-order valence-corrected chi connectivity index (χ1v) is 10.2. The Labute approximate surface area is 181 Å². The molecule has 2 aromatic rings. The first-order chi connectivity index (χ1) is 14.7. The molecule has 1 aliphatic rings. The zero-order valence-corrected chi connectivity index (χ0v) is 18.0. The second-order valence-corrected chi connectivity index (χ2v) is 8.18. The van der Waals surface area contributed by atoms with Crippen LogP contribution in [0.1, 0.15) is 67.6 Å². The predicted octanol–water partition coefficient (Wildman–Crippen LogP) is 5.45. The molecule has 3 rings (SSSR count). The fraction of sp³-hybridized carbons (Fsp3) is 0.320. The molecular formula is C25H28O6. The van der Waals surface area contributed by atoms with Gasteiger partial charge in [0.2, 0.25) is 0 Å². The second kappa shape index (κ2) is 9.16. The maximum Gasteiger partial charge on any atom is 0.170 e. The van der Waals surface area contributed by atoms with Crippen molar-refractivity contribution in [2.75, 3.05) is 0 Å². The number of fused-ring (bicyclic) bond motifs is 1. The largest absolute Gasteiger partial charge is 0.508 e. The number of ketones is 1. The molecule has 31 heavy (non-hydrogen) atoms. The third-order valence-corrected chi connectivity index (χ3v) is 5.33. The molecule has 164 valence electrons. The predicted molar refractivity (Wildman–Crippen MR) is 118 cm³/mol. The zero-order valence-electron chi connectivity index (χ0n) is 18.0. The third-order valence-electron chi connectivity index (χ3n) is 5.33. The van der Waals surface area contributed by atoms with E-state index in [1.54, 1.807) is 6.07 Å². The molecule has 0 aromatic heterocycles. The number of carbonyl (C=O) groups is 1. The van der Waals surface area contributed by atoms with E-state index in [4.69, 9.17) is 4.74 Å². The van der Waals surface area contributed by atoms with Gasteiger partial charge in [-0.1, -0.05) is 23.3 Å². The number of phenolic OH excluding ortho intramolecular Hbond substituents is 4. The molecule has 1 atom stereocenters. The van der Waals surface area contributed by atoms with E-state index in [9.17, 15) is 25.2 Å². The molecule has 4 N–H and O–H groups in total. The van der Waals surface area contributed by atoms with Crippen molar-refractivity contribution in [3.8, 4) is 28.7 Å². The number of hydrogen-bond acceptors (Lipinski definition) is 6. The highest BCUT2D eigenvalue weighted by Gasteiger charge is 2.32. The molecule has 0 fully saturated rings. The molecule has 6 nitrogen and oxygen atoms in total. The number of carbonyl (C=O) groups excluding carboxylic acids is 1. The van der Waals surface area contributed by atoms with Gasteiger partial charge in [-0.3, -0.25) is 4.79 Å². The quantitative estimate of drug-likeness (QED) is 0.459. The number of aromatic hydroxyl groups is 4. The molecule has 1 unspecified atom stereocenters. The van der Waals surface area contributed by atoms with Gasteiger partial charge in [0, 0.05) is 18.2 Å². The summed E-state index contributed by atoms with van der Waals surface area (Å²) in [4.78, 5) is 12.8. The molecule has 0 bridgehead atoms. The van der Waals surface area contributed by atoms with E-state index in [1.807, 2.05) is 13.0 Å². The van der Waals surface area contributed by atoms with Crippen LogP contribution in [0.2, 0.25) is 0 Å². The second-order valence-electron chi connectivity index (χ2n) is 8.18. The Hall–Kier alpha value is -3.41. The normalized spacial score (nSPS) is 15.9. The highest BCUT2D eigenvalue weighted by atomic mass is 16.5. The van der Waals surface area contributed by atoms with E-state index < -0.39 is 6.10 Å². The number of benzene rings is 2. The average molecular weight is 424 g/mol. The van der Waals surface area contributed by atoms with Gasteiger partial charge in [0.15, 0.2) is 5.78 Å². The highest BCUT2D eigenvalue weighted by molar-refractivity contribution is 6.00. The van der Waals surface area contributed by atoms with Crippen LogP contribution in [0.15, 0.2) is 47.6 Å². The topological polar surface area (TPSA) is 107 Å². The summed E-state index contributed by atoms with van der Waals surface area (Å²) >= 11 is 0. The van der Waals surface area contributed by atoms with Crippen LogP contribution in [-0.4, -0.2) is 26.2 Å². The van der Waals surface area contributed by atoms with E-state index in [2.05, 4.69) is 19.9 Å². The summed E-state index contributed by atoms with van der Waals surface area (Å²) < 4.78 is 5.82. The summed E-state index contributed by atoms with van der Waals surface area (Å²) in [5, 5.41) is 40.1. The van der Waals surface area contributed by atoms with E-state index in [1.165, 1.54) is 17.2 Å². The maximum absolute atomic E-state index is 12.8. The first-order valence-electron chi connectivity index (χ1n) is 10.2. The van der Waals surface area contributed by atoms with Crippen LogP contribution >= 0.6 is 0 Å². The SMILES string of the molecule is CC(C)=CCC/C(C)=C/Cc1cc2c(cc1O)OC(c1c(O)cc(O)cc1O)CC2=O. The van der Waals surface area contributed by atoms with Crippen LogP contribution in [0.25, 0.3) is 0 Å². The molecule has 1 heterocycles. The minimum Gasteiger partial charge on any atom is -0.508 e. The molecule has 1 aliphatic heterocycles. The summed E-state index contributed by atoms with van der Waals surface area (Å²) in [7, 11) is 0. The van der Waals surface area contributed by atoms with Gasteiger partial charge >= 0.3 is 0 Å². The molecule has 0 radical (unpaired) electrons. The van der Waals surface area contributed by atoms with Crippen molar-refractivity contribution < 1.29 is 30.0 Å². The van der Waals surface area contributed by atoms with Crippen molar-refractivity contribution in [3.05, 3.63) is 64.3 Å². The molecule has 0 aliphatic carbocycles. The van der Waals surface area contributed by atoms with E-state index in [0.29, 0.717) is 17.5 Å². The Morgan fingerprint density at radius 3 is 2.32 bits per heavy atom. The van der Waals surface area contributed by atoms with Crippen molar-refractivity contribution >= 4 is 5.78 Å². The smallest absolute Gasteiger partial charge is 0.170 e. The Bertz CT molecular complexity index is 1040. The number of phenols is 4. The number of hydrogen-bond donors (Lipinski definition) is 4. The van der Waals surface area contributed by atoms with Crippen LogP contribution in [0.5, 0.6) is 28.7 Å². The molecule has 0 saturated heterocycles. The molecular weight excluding hydrogens is 396 g/mol. The van der Waals surface area contributed by atoms with E-state index in [0.717, 1.165) is 25.0 Å². The minimum atomic E-state index is -0.928. The Morgan fingerprint density at radius 2 is 1.68 bits per heavy atom. The van der Waals surface area contributed by atoms with Crippen LogP contribution in [-0.2, 0) is 6.42 Å². The van der Waals surface area contributed by atoms with Crippen molar-refractivity contribution in [3.63, 3.8) is 0 Å². The lowest BCUT2D eigenvalue weighted by Gasteiger charge is -2.27. The fourth-order valence-electron chi connectivity index (χ4n) is 3.64. The number of rotatable bonds is 6. The van der Waals surface area contributed by atoms with Gasteiger partial charge < -0.3 is 25.2 Å². The lowest BCUT2D eigenvalue weighted by atomic mass is 9.93. The molecule has 2 aromatic carbocycles. The van der Waals surface area contributed by atoms with Gasteiger partial charge in [0.25, 0.3) is 0 Å². The standard InChI is InChI=1S/C25H28O6/c1-14(2)5-4-6-15(3)7-8-16-9-18-20(28)13-24(31-23(18)12-19(16)27)25-21(29)10-17(26)11-22(25)30/h5,7,9-12,24,26-27,29-30H,4,6,8,13H2,1-3H3/b15-7+. The summed E-state index contributed by atoms with van der Waals surface area (Å²) in [5.41, 5.74) is 3.50. The first kappa shape index (κ1) is 22.3. The fourth-order valence-corrected chi connectivity index (χ4v) is 3.64. The summed E-state index contributed by atoms with van der Waals surface area (Å²) in [6.07, 6.45) is 5.61. The van der Waals surface area contributed by atoms with Gasteiger partial charge in [-0.25, -0.2) is 0 Å². The van der Waals surface area contributed by atoms with Gasteiger partial charge in [-0.05, 0) is 51.7 Å². The lowest BCUT2D eigenvalue weighted by Crippen LogP contribution is -2.21. The Balaban J connectivity index is 1.81. The molecule has 0 saturated carbocycles. The highest BCUT2D eigenvalue weighted by Crippen LogP contribution is 2.44. The molecule has 6 heteroatoms. The Kier molecular flexibility index (Phi) is 6.59. The number of allylic oxidation sites excluding steroid dienone is 4. The Morgan fingerprint density at radius 1 is 1.00 bits per heavy atom. The van der Waals surface area contributed by atoms with Gasteiger partial charge in [-0.2, -0.15) is 0 Å². The number of Topliss-reactive ketones (excluding diaryl/α,β-unsaturated/α-hetero) is 1. The average Bonchev–Trinajstić information content (AvgIpc) is 2.65. The van der Waals surface area contributed by atoms with E-state index in [-0.39, 0.29) is 46.5 Å². The summed E-state index contributed by atoms with van der Waals surface area (Å²) in [6, 6.07) is 5.19. The molecule has 0 amide bonds. The van der Waals surface area contributed by atoms with Crippen molar-refractivity contribution in [2.24, 2.45) is 0 Å². The minimum absolute atomic E-state index is 0.0136. The van der Waals surface area contributed by atoms with Gasteiger partial charge in [-0.15, -0.1) is 0 Å². The maximum atomic E-state index is 12.8. The van der Waals surface area contributed by atoms with Crippen LogP contribution in [0.3, 0.4) is 0 Å². The van der Waals surface area contributed by atoms with Crippen molar-refractivity contribution in [2.45, 2.75) is 52.6 Å². The zero-order chi connectivity index (χ0) is 22.7.